The Morgan fingerprint density at radius 3 is 3.20 bits per heavy atom. The van der Waals surface area contributed by atoms with Crippen LogP contribution in [0.25, 0.3) is 0 Å². The maximum atomic E-state index is 11.2. The molecular formula is C10H19N3O2. The second kappa shape index (κ2) is 5.32. The van der Waals surface area contributed by atoms with Crippen LogP contribution in [-0.2, 0) is 4.74 Å². The van der Waals surface area contributed by atoms with Gasteiger partial charge in [0, 0.05) is 38.8 Å². The number of nitrogens with zero attached hydrogens (tertiary/aromatic N) is 1. The summed E-state index contributed by atoms with van der Waals surface area (Å²) < 4.78 is 5.37. The van der Waals surface area contributed by atoms with Crippen LogP contribution < -0.4 is 10.6 Å². The second-order valence-electron chi connectivity index (χ2n) is 4.09. The summed E-state index contributed by atoms with van der Waals surface area (Å²) >= 11 is 0. The van der Waals surface area contributed by atoms with Crippen molar-refractivity contribution in [1.82, 2.24) is 15.5 Å². The summed E-state index contributed by atoms with van der Waals surface area (Å²) in [5, 5.41) is 6.21. The first-order valence-corrected chi connectivity index (χ1v) is 5.70. The van der Waals surface area contributed by atoms with E-state index < -0.39 is 0 Å². The fourth-order valence-electron chi connectivity index (χ4n) is 2.03. The number of urea groups is 1. The zero-order valence-corrected chi connectivity index (χ0v) is 9.00. The fraction of sp³-hybridized carbons (Fsp3) is 0.900. The molecule has 2 saturated heterocycles. The molecular weight excluding hydrogens is 194 g/mol. The van der Waals surface area contributed by atoms with Crippen LogP contribution in [0.15, 0.2) is 0 Å². The van der Waals surface area contributed by atoms with Gasteiger partial charge < -0.3 is 20.3 Å². The van der Waals surface area contributed by atoms with Crippen molar-refractivity contribution < 1.29 is 9.53 Å². The molecule has 2 N–H and O–H groups in total. The van der Waals surface area contributed by atoms with E-state index in [2.05, 4.69) is 10.6 Å². The quantitative estimate of drug-likeness (QED) is 0.679. The second-order valence-corrected chi connectivity index (χ2v) is 4.09. The largest absolute Gasteiger partial charge is 0.380 e. The van der Waals surface area contributed by atoms with E-state index in [0.29, 0.717) is 6.04 Å². The highest BCUT2D eigenvalue weighted by Crippen LogP contribution is 2.05. The molecule has 2 aliphatic rings. The molecule has 0 saturated carbocycles. The van der Waals surface area contributed by atoms with E-state index in [-0.39, 0.29) is 6.03 Å². The summed E-state index contributed by atoms with van der Waals surface area (Å²) in [6.07, 6.45) is 2.33. The van der Waals surface area contributed by atoms with Gasteiger partial charge in [0.1, 0.15) is 0 Å². The lowest BCUT2D eigenvalue weighted by Gasteiger charge is -2.24. The summed E-state index contributed by atoms with van der Waals surface area (Å²) in [6, 6.07) is 0.543. The maximum Gasteiger partial charge on any atom is 0.317 e. The van der Waals surface area contributed by atoms with Gasteiger partial charge in [-0.3, -0.25) is 0 Å². The van der Waals surface area contributed by atoms with Gasteiger partial charge in [-0.15, -0.1) is 0 Å². The molecule has 2 amide bonds. The molecule has 0 spiro atoms. The van der Waals surface area contributed by atoms with Gasteiger partial charge in [0.25, 0.3) is 0 Å². The van der Waals surface area contributed by atoms with E-state index >= 15 is 0 Å². The van der Waals surface area contributed by atoms with Crippen LogP contribution in [0.3, 0.4) is 0 Å². The number of rotatable bonds is 4. The van der Waals surface area contributed by atoms with E-state index in [1.54, 1.807) is 0 Å². The molecule has 1 unspecified atom stereocenters. The summed E-state index contributed by atoms with van der Waals surface area (Å²) in [5.41, 5.74) is 0. The van der Waals surface area contributed by atoms with E-state index in [4.69, 9.17) is 4.74 Å². The highest BCUT2D eigenvalue weighted by atomic mass is 16.5. The molecule has 5 heteroatoms. The first kappa shape index (κ1) is 10.7. The summed E-state index contributed by atoms with van der Waals surface area (Å²) in [4.78, 5) is 13.1. The van der Waals surface area contributed by atoms with Gasteiger partial charge in [0.15, 0.2) is 0 Å². The third-order valence-corrected chi connectivity index (χ3v) is 2.92. The maximum absolute atomic E-state index is 11.2. The van der Waals surface area contributed by atoms with Crippen LogP contribution in [0.5, 0.6) is 0 Å². The Hall–Kier alpha value is -0.810. The minimum absolute atomic E-state index is 0.0664. The van der Waals surface area contributed by atoms with Crippen molar-refractivity contribution >= 4 is 6.03 Å². The third kappa shape index (κ3) is 3.07. The lowest BCUT2D eigenvalue weighted by Crippen LogP contribution is -2.42. The van der Waals surface area contributed by atoms with Crippen molar-refractivity contribution in [2.75, 3.05) is 39.4 Å². The Balaban J connectivity index is 1.59. The van der Waals surface area contributed by atoms with Gasteiger partial charge in [-0.1, -0.05) is 0 Å². The summed E-state index contributed by atoms with van der Waals surface area (Å²) in [7, 11) is 0. The average Bonchev–Trinajstić information content (AvgIpc) is 2.66. The minimum Gasteiger partial charge on any atom is -0.380 e. The van der Waals surface area contributed by atoms with Crippen molar-refractivity contribution in [3.05, 3.63) is 0 Å². The Morgan fingerprint density at radius 1 is 1.60 bits per heavy atom. The lowest BCUT2D eigenvalue weighted by atomic mass is 10.1. The predicted molar refractivity (Wildman–Crippen MR) is 56.8 cm³/mol. The van der Waals surface area contributed by atoms with Crippen LogP contribution in [0.1, 0.15) is 12.8 Å². The van der Waals surface area contributed by atoms with Crippen LogP contribution >= 0.6 is 0 Å². The van der Waals surface area contributed by atoms with Crippen molar-refractivity contribution in [2.45, 2.75) is 18.9 Å². The van der Waals surface area contributed by atoms with Gasteiger partial charge in [-0.25, -0.2) is 4.79 Å². The molecule has 0 radical (unpaired) electrons. The summed E-state index contributed by atoms with van der Waals surface area (Å²) in [5.74, 6) is 0. The van der Waals surface area contributed by atoms with Crippen molar-refractivity contribution in [3.63, 3.8) is 0 Å². The Morgan fingerprint density at radius 2 is 2.53 bits per heavy atom. The monoisotopic (exact) mass is 213 g/mol. The van der Waals surface area contributed by atoms with Gasteiger partial charge in [-0.05, 0) is 12.8 Å². The van der Waals surface area contributed by atoms with Gasteiger partial charge >= 0.3 is 6.03 Å². The van der Waals surface area contributed by atoms with Crippen LogP contribution in [-0.4, -0.2) is 56.4 Å². The number of ether oxygens (including phenoxy) is 1. The van der Waals surface area contributed by atoms with Crippen molar-refractivity contribution in [2.24, 2.45) is 0 Å². The number of carbonyl (C=O) groups excluding carboxylic acids is 1. The smallest absolute Gasteiger partial charge is 0.317 e. The fourth-order valence-corrected chi connectivity index (χ4v) is 2.03. The third-order valence-electron chi connectivity index (χ3n) is 2.92. The highest BCUT2D eigenvalue weighted by Gasteiger charge is 2.19. The standard InChI is InChI=1S/C10H19N3O2/c14-10-12-4-6-13(10)5-3-11-9-2-1-7-15-8-9/h9,11H,1-8H2,(H,12,14). The highest BCUT2D eigenvalue weighted by molar-refractivity contribution is 5.76. The van der Waals surface area contributed by atoms with E-state index in [9.17, 15) is 4.79 Å². The Bertz CT molecular complexity index is 217. The molecule has 0 aliphatic carbocycles. The number of amides is 2. The van der Waals surface area contributed by atoms with Crippen LogP contribution in [0.4, 0.5) is 4.79 Å². The molecule has 0 aromatic rings. The number of carbonyl (C=O) groups is 1. The van der Waals surface area contributed by atoms with Gasteiger partial charge in [0.05, 0.1) is 6.61 Å². The topological polar surface area (TPSA) is 53.6 Å². The predicted octanol–water partition coefficient (Wildman–Crippen LogP) is -0.220. The zero-order chi connectivity index (χ0) is 10.5. The molecule has 15 heavy (non-hydrogen) atoms. The Labute approximate surface area is 90.1 Å². The lowest BCUT2D eigenvalue weighted by molar-refractivity contribution is 0.0700. The summed E-state index contributed by atoms with van der Waals surface area (Å²) in [6.45, 7) is 4.98. The van der Waals surface area contributed by atoms with Crippen molar-refractivity contribution in [1.29, 1.82) is 0 Å². The molecule has 2 fully saturated rings. The zero-order valence-electron chi connectivity index (χ0n) is 9.00. The molecule has 2 heterocycles. The van der Waals surface area contributed by atoms with Crippen LogP contribution in [0.2, 0.25) is 0 Å². The number of nitrogens with one attached hydrogen (secondary N) is 2. The van der Waals surface area contributed by atoms with E-state index in [1.807, 2.05) is 4.90 Å². The van der Waals surface area contributed by atoms with E-state index in [1.165, 1.54) is 6.42 Å². The molecule has 1 atom stereocenters. The first-order chi connectivity index (χ1) is 7.36. The molecule has 2 aliphatic heterocycles. The normalized spacial score (nSPS) is 26.8. The molecule has 0 aromatic heterocycles. The Kier molecular flexibility index (Phi) is 3.80. The first-order valence-electron chi connectivity index (χ1n) is 5.70. The van der Waals surface area contributed by atoms with E-state index in [0.717, 1.165) is 45.8 Å². The molecule has 5 nitrogen and oxygen atoms in total. The number of hydrogen-bond donors (Lipinski definition) is 2. The number of hydrogen-bond acceptors (Lipinski definition) is 3. The average molecular weight is 213 g/mol. The minimum atomic E-state index is 0.0664. The SMILES string of the molecule is O=C1NCCN1CCNC1CCCOC1. The molecule has 86 valence electrons. The molecule has 0 bridgehead atoms. The van der Waals surface area contributed by atoms with Gasteiger partial charge in [-0.2, -0.15) is 0 Å². The molecule has 2 rings (SSSR count). The van der Waals surface area contributed by atoms with Crippen molar-refractivity contribution in [3.8, 4) is 0 Å². The molecule has 0 aromatic carbocycles. The van der Waals surface area contributed by atoms with Crippen LogP contribution in [0, 0.1) is 0 Å². The van der Waals surface area contributed by atoms with Gasteiger partial charge in [0.2, 0.25) is 0 Å².